The summed E-state index contributed by atoms with van der Waals surface area (Å²) in [5.74, 6) is 0.123. The molecule has 0 bridgehead atoms. The van der Waals surface area contributed by atoms with Gasteiger partial charge in [-0.3, -0.25) is 4.79 Å². The van der Waals surface area contributed by atoms with Crippen LogP contribution in [0.3, 0.4) is 0 Å². The van der Waals surface area contributed by atoms with Crippen LogP contribution in [0.15, 0.2) is 30.3 Å². The Bertz CT molecular complexity index is 932. The van der Waals surface area contributed by atoms with Crippen molar-refractivity contribution in [2.45, 2.75) is 104 Å². The maximum Gasteiger partial charge on any atom is 0.265 e. The van der Waals surface area contributed by atoms with Gasteiger partial charge in [-0.2, -0.15) is 0 Å². The Labute approximate surface area is 221 Å². The third kappa shape index (κ3) is 9.93. The molecule has 2 aromatic carbocycles. The van der Waals surface area contributed by atoms with Crippen LogP contribution >= 0.6 is 23.2 Å². The van der Waals surface area contributed by atoms with E-state index in [-0.39, 0.29) is 22.4 Å². The summed E-state index contributed by atoms with van der Waals surface area (Å²) in [5.41, 5.74) is 1.83. The first kappa shape index (κ1) is 29.3. The van der Waals surface area contributed by atoms with E-state index in [9.17, 15) is 9.90 Å². The number of unbranched alkanes of at least 4 members (excludes halogenated alkanes) is 10. The molecule has 0 aromatic heterocycles. The number of ether oxygens (including phenoxy) is 1. The van der Waals surface area contributed by atoms with E-state index in [0.29, 0.717) is 16.3 Å². The molecule has 2 aromatic rings. The molecule has 1 atom stereocenters. The molecule has 2 N–H and O–H groups in total. The number of amides is 1. The number of aryl methyl sites for hydroxylation is 1. The summed E-state index contributed by atoms with van der Waals surface area (Å²) in [6.45, 7) is 5.64. The Morgan fingerprint density at radius 3 is 2.17 bits per heavy atom. The molecule has 0 saturated carbocycles. The van der Waals surface area contributed by atoms with E-state index >= 15 is 0 Å². The van der Waals surface area contributed by atoms with Gasteiger partial charge in [0.25, 0.3) is 5.91 Å². The number of benzene rings is 2. The largest absolute Gasteiger partial charge is 0.504 e. The molecule has 2 rings (SSSR count). The third-order valence-electron chi connectivity index (χ3n) is 6.37. The van der Waals surface area contributed by atoms with Crippen LogP contribution in [0.4, 0.5) is 5.69 Å². The minimum Gasteiger partial charge on any atom is -0.504 e. The fraction of sp³-hybridized carbons (Fsp3) is 0.552. The Morgan fingerprint density at radius 2 is 1.54 bits per heavy atom. The molecule has 4 nitrogen and oxygen atoms in total. The minimum atomic E-state index is -0.758. The van der Waals surface area contributed by atoms with Gasteiger partial charge in [-0.25, -0.2) is 0 Å². The number of carbonyl (C=O) groups is 1. The summed E-state index contributed by atoms with van der Waals surface area (Å²) in [6, 6.07) is 9.36. The first-order chi connectivity index (χ1) is 16.8. The summed E-state index contributed by atoms with van der Waals surface area (Å²) in [5, 5.41) is 13.4. The number of anilines is 1. The Morgan fingerprint density at radius 1 is 0.971 bits per heavy atom. The zero-order valence-corrected chi connectivity index (χ0v) is 23.0. The number of halogens is 2. The Hall–Kier alpha value is -1.91. The van der Waals surface area contributed by atoms with Gasteiger partial charge in [-0.1, -0.05) is 113 Å². The molecular weight excluding hydrogens is 481 g/mol. The number of phenols is 1. The standard InChI is InChI=1S/C29H41Cl2NO3/c1-4-5-6-7-8-9-10-11-12-13-14-17-23-18-15-16-19-26(23)35-22(3)29(34)32-25-20-24(30)21(2)27(31)28(25)33/h15-16,18-20,22,33H,4-14,17H2,1-3H3,(H,32,34). The van der Waals surface area contributed by atoms with Crippen molar-refractivity contribution in [2.75, 3.05) is 5.32 Å². The summed E-state index contributed by atoms with van der Waals surface area (Å²) in [4.78, 5) is 12.7. The molecule has 0 aliphatic rings. The highest BCUT2D eigenvalue weighted by Crippen LogP contribution is 2.38. The fourth-order valence-electron chi connectivity index (χ4n) is 4.08. The topological polar surface area (TPSA) is 58.6 Å². The lowest BCUT2D eigenvalue weighted by Gasteiger charge is -2.18. The van der Waals surface area contributed by atoms with E-state index in [2.05, 4.69) is 18.3 Å². The summed E-state index contributed by atoms with van der Waals surface area (Å²) in [6.07, 6.45) is 14.6. The number of hydrogen-bond acceptors (Lipinski definition) is 3. The fourth-order valence-corrected chi connectivity index (χ4v) is 4.54. The van der Waals surface area contributed by atoms with E-state index in [1.165, 1.54) is 70.3 Å². The first-order valence-electron chi connectivity index (χ1n) is 13.1. The smallest absolute Gasteiger partial charge is 0.265 e. The molecule has 0 fully saturated rings. The summed E-state index contributed by atoms with van der Waals surface area (Å²) >= 11 is 12.2. The molecule has 1 unspecified atom stereocenters. The number of hydrogen-bond donors (Lipinski definition) is 2. The van der Waals surface area contributed by atoms with Crippen LogP contribution < -0.4 is 10.1 Å². The molecular formula is C29H41Cl2NO3. The van der Waals surface area contributed by atoms with Crippen molar-refractivity contribution in [2.24, 2.45) is 0 Å². The van der Waals surface area contributed by atoms with Crippen molar-refractivity contribution in [1.29, 1.82) is 0 Å². The normalized spacial score (nSPS) is 11.9. The van der Waals surface area contributed by atoms with Crippen LogP contribution in [0.1, 0.15) is 95.6 Å². The van der Waals surface area contributed by atoms with Crippen LogP contribution in [0.5, 0.6) is 11.5 Å². The number of para-hydroxylation sites is 1. The van der Waals surface area contributed by atoms with Crippen molar-refractivity contribution in [1.82, 2.24) is 0 Å². The van der Waals surface area contributed by atoms with E-state index in [4.69, 9.17) is 27.9 Å². The van der Waals surface area contributed by atoms with E-state index in [0.717, 1.165) is 18.4 Å². The highest BCUT2D eigenvalue weighted by molar-refractivity contribution is 6.37. The maximum absolute atomic E-state index is 12.7. The van der Waals surface area contributed by atoms with Crippen molar-refractivity contribution < 1.29 is 14.6 Å². The van der Waals surface area contributed by atoms with Gasteiger partial charge in [0.1, 0.15) is 5.75 Å². The second-order valence-electron chi connectivity index (χ2n) is 9.34. The molecule has 35 heavy (non-hydrogen) atoms. The number of aromatic hydroxyl groups is 1. The van der Waals surface area contributed by atoms with Crippen molar-refractivity contribution >= 4 is 34.8 Å². The van der Waals surface area contributed by atoms with Gasteiger partial charge >= 0.3 is 0 Å². The predicted molar refractivity (Wildman–Crippen MR) is 148 cm³/mol. The summed E-state index contributed by atoms with van der Waals surface area (Å²) < 4.78 is 5.99. The predicted octanol–water partition coefficient (Wildman–Crippen LogP) is 9.27. The number of nitrogens with one attached hydrogen (secondary N) is 1. The maximum atomic E-state index is 12.7. The average molecular weight is 523 g/mol. The van der Waals surface area contributed by atoms with Crippen LogP contribution in [-0.4, -0.2) is 17.1 Å². The van der Waals surface area contributed by atoms with Crippen molar-refractivity contribution in [3.05, 3.63) is 51.5 Å². The van der Waals surface area contributed by atoms with Crippen LogP contribution in [0.2, 0.25) is 10.0 Å². The van der Waals surface area contributed by atoms with Gasteiger partial charge in [0.05, 0.1) is 10.7 Å². The van der Waals surface area contributed by atoms with E-state index in [1.807, 2.05) is 18.2 Å². The van der Waals surface area contributed by atoms with Gasteiger partial charge in [-0.05, 0) is 49.9 Å². The lowest BCUT2D eigenvalue weighted by molar-refractivity contribution is -0.122. The number of carbonyl (C=O) groups excluding carboxylic acids is 1. The average Bonchev–Trinajstić information content (AvgIpc) is 2.85. The number of phenolic OH excluding ortho intramolecular Hbond substituents is 1. The highest BCUT2D eigenvalue weighted by atomic mass is 35.5. The molecule has 194 valence electrons. The quantitative estimate of drug-likeness (QED) is 0.171. The van der Waals surface area contributed by atoms with Gasteiger partial charge in [0.15, 0.2) is 11.9 Å². The SMILES string of the molecule is CCCCCCCCCCCCCc1ccccc1OC(C)C(=O)Nc1cc(Cl)c(C)c(Cl)c1O. The van der Waals surface area contributed by atoms with Crippen LogP contribution in [0, 0.1) is 6.92 Å². The molecule has 0 radical (unpaired) electrons. The van der Waals surface area contributed by atoms with Gasteiger partial charge < -0.3 is 15.2 Å². The lowest BCUT2D eigenvalue weighted by Crippen LogP contribution is -2.30. The Balaban J connectivity index is 1.77. The number of rotatable bonds is 16. The zero-order valence-electron chi connectivity index (χ0n) is 21.5. The first-order valence-corrected chi connectivity index (χ1v) is 13.8. The molecule has 0 spiro atoms. The van der Waals surface area contributed by atoms with Crippen LogP contribution in [0.25, 0.3) is 0 Å². The second-order valence-corrected chi connectivity index (χ2v) is 10.1. The van der Waals surface area contributed by atoms with E-state index in [1.54, 1.807) is 13.8 Å². The molecule has 0 aliphatic carbocycles. The molecule has 0 aliphatic heterocycles. The van der Waals surface area contributed by atoms with E-state index < -0.39 is 6.10 Å². The zero-order chi connectivity index (χ0) is 25.6. The molecule has 1 amide bonds. The lowest BCUT2D eigenvalue weighted by atomic mass is 10.0. The Kier molecular flexibility index (Phi) is 13.4. The van der Waals surface area contributed by atoms with Gasteiger partial charge in [0.2, 0.25) is 0 Å². The third-order valence-corrected chi connectivity index (χ3v) is 7.23. The molecule has 6 heteroatoms. The highest BCUT2D eigenvalue weighted by Gasteiger charge is 2.20. The summed E-state index contributed by atoms with van der Waals surface area (Å²) in [7, 11) is 0. The molecule has 0 heterocycles. The van der Waals surface area contributed by atoms with Crippen molar-refractivity contribution in [3.8, 4) is 11.5 Å². The van der Waals surface area contributed by atoms with Crippen LogP contribution in [-0.2, 0) is 11.2 Å². The van der Waals surface area contributed by atoms with Crippen molar-refractivity contribution in [3.63, 3.8) is 0 Å². The van der Waals surface area contributed by atoms with Gasteiger partial charge in [-0.15, -0.1) is 0 Å². The van der Waals surface area contributed by atoms with Gasteiger partial charge in [0, 0.05) is 5.02 Å². The monoisotopic (exact) mass is 521 g/mol. The minimum absolute atomic E-state index is 0.124. The second kappa shape index (κ2) is 16.0. The molecule has 0 saturated heterocycles.